The first-order valence-corrected chi connectivity index (χ1v) is 10.1. The average Bonchev–Trinajstić information content (AvgIpc) is 3.11. The lowest BCUT2D eigenvalue weighted by Crippen LogP contribution is -2.37. The van der Waals surface area contributed by atoms with Crippen LogP contribution in [0.3, 0.4) is 0 Å². The molecule has 2 heterocycles. The Kier molecular flexibility index (Phi) is 7.86. The Balaban J connectivity index is 0.000000321. The van der Waals surface area contributed by atoms with Gasteiger partial charge in [0.1, 0.15) is 4.70 Å². The number of nitro groups is 1. The highest BCUT2D eigenvalue weighted by molar-refractivity contribution is 7.19. The van der Waals surface area contributed by atoms with E-state index in [9.17, 15) is 19.7 Å². The van der Waals surface area contributed by atoms with E-state index in [-0.39, 0.29) is 10.6 Å². The molecule has 1 saturated heterocycles. The van der Waals surface area contributed by atoms with E-state index < -0.39 is 11.9 Å². The molecule has 0 spiro atoms. The van der Waals surface area contributed by atoms with Gasteiger partial charge in [-0.15, -0.1) is 11.3 Å². The standard InChI is InChI=1S/C16H20N2O2S.C4H4O4/c1-11(2)17-8-6-12(7-9-17)15-10-13-4-3-5-14(18(19)20)16(13)21-15;5-3(6)1-2-4(7)8/h3-5,10-12H,6-9H2,1-2H3;1-2H,(H,5,6)(H,7,8)/b;2-1-. The summed E-state index contributed by atoms with van der Waals surface area (Å²) in [5.74, 6) is -1.96. The van der Waals surface area contributed by atoms with Gasteiger partial charge in [-0.2, -0.15) is 0 Å². The van der Waals surface area contributed by atoms with Crippen molar-refractivity contribution < 1.29 is 24.7 Å². The molecular weight excluding hydrogens is 396 g/mol. The molecule has 9 heteroatoms. The largest absolute Gasteiger partial charge is 0.478 e. The first-order chi connectivity index (χ1) is 13.7. The summed E-state index contributed by atoms with van der Waals surface area (Å²) in [6.45, 7) is 6.73. The van der Waals surface area contributed by atoms with Gasteiger partial charge in [0.05, 0.1) is 4.92 Å². The number of hydrogen-bond acceptors (Lipinski definition) is 6. The maximum atomic E-state index is 11.1. The Hall–Kier alpha value is -2.78. The molecule has 0 radical (unpaired) electrons. The molecule has 0 atom stereocenters. The van der Waals surface area contributed by atoms with Crippen molar-refractivity contribution in [2.24, 2.45) is 0 Å². The Bertz CT molecular complexity index is 897. The number of hydrogen-bond donors (Lipinski definition) is 2. The molecular formula is C20H24N2O6S. The van der Waals surface area contributed by atoms with Gasteiger partial charge in [-0.05, 0) is 57.1 Å². The van der Waals surface area contributed by atoms with Crippen LogP contribution in [0.1, 0.15) is 37.5 Å². The normalized spacial score (nSPS) is 15.4. The second kappa shape index (κ2) is 10.1. The molecule has 156 valence electrons. The summed E-state index contributed by atoms with van der Waals surface area (Å²) >= 11 is 1.61. The van der Waals surface area contributed by atoms with Gasteiger partial charge in [0, 0.05) is 29.1 Å². The number of piperidine rings is 1. The fourth-order valence-corrected chi connectivity index (χ4v) is 4.57. The minimum absolute atomic E-state index is 0.239. The van der Waals surface area contributed by atoms with Crippen molar-refractivity contribution in [1.29, 1.82) is 0 Å². The van der Waals surface area contributed by atoms with Gasteiger partial charge < -0.3 is 15.1 Å². The molecule has 1 aromatic heterocycles. The maximum Gasteiger partial charge on any atom is 0.328 e. The smallest absolute Gasteiger partial charge is 0.328 e. The molecule has 3 rings (SSSR count). The molecule has 0 bridgehead atoms. The highest BCUT2D eigenvalue weighted by atomic mass is 32.1. The number of carbonyl (C=O) groups is 2. The molecule has 2 aromatic rings. The summed E-state index contributed by atoms with van der Waals surface area (Å²) in [5, 5.41) is 27.8. The van der Waals surface area contributed by atoms with Crippen LogP contribution < -0.4 is 0 Å². The van der Waals surface area contributed by atoms with E-state index in [1.165, 1.54) is 4.88 Å². The van der Waals surface area contributed by atoms with Crippen LogP contribution in [-0.4, -0.2) is 51.1 Å². The lowest BCUT2D eigenvalue weighted by molar-refractivity contribution is -0.382. The molecule has 1 aromatic carbocycles. The van der Waals surface area contributed by atoms with Crippen molar-refractivity contribution in [3.05, 3.63) is 51.4 Å². The summed E-state index contributed by atoms with van der Waals surface area (Å²) in [5.41, 5.74) is 0.239. The van der Waals surface area contributed by atoms with Crippen LogP contribution >= 0.6 is 11.3 Å². The number of carboxylic acid groups (broad SMARTS) is 2. The predicted molar refractivity (Wildman–Crippen MR) is 112 cm³/mol. The molecule has 29 heavy (non-hydrogen) atoms. The summed E-state index contributed by atoms with van der Waals surface area (Å²) in [7, 11) is 0. The highest BCUT2D eigenvalue weighted by Crippen LogP contribution is 2.39. The summed E-state index contributed by atoms with van der Waals surface area (Å²) in [6.07, 6.45) is 3.42. The van der Waals surface area contributed by atoms with Crippen molar-refractivity contribution >= 4 is 39.0 Å². The number of carboxylic acids is 2. The van der Waals surface area contributed by atoms with E-state index in [0.717, 1.165) is 36.0 Å². The van der Waals surface area contributed by atoms with Crippen LogP contribution in [0.5, 0.6) is 0 Å². The minimum atomic E-state index is -1.26. The van der Waals surface area contributed by atoms with Crippen LogP contribution in [0.4, 0.5) is 5.69 Å². The van der Waals surface area contributed by atoms with Crippen molar-refractivity contribution in [2.45, 2.75) is 38.6 Å². The minimum Gasteiger partial charge on any atom is -0.478 e. The zero-order valence-electron chi connectivity index (χ0n) is 16.3. The molecule has 0 amide bonds. The molecule has 1 aliphatic rings. The maximum absolute atomic E-state index is 11.1. The van der Waals surface area contributed by atoms with Crippen LogP contribution in [0.2, 0.25) is 0 Å². The number of nitro benzene ring substituents is 1. The molecule has 2 N–H and O–H groups in total. The zero-order valence-corrected chi connectivity index (χ0v) is 17.1. The van der Waals surface area contributed by atoms with E-state index in [2.05, 4.69) is 24.8 Å². The van der Waals surface area contributed by atoms with Crippen molar-refractivity contribution in [2.75, 3.05) is 13.1 Å². The highest BCUT2D eigenvalue weighted by Gasteiger charge is 2.24. The number of fused-ring (bicyclic) bond motifs is 1. The third-order valence-corrected chi connectivity index (χ3v) is 6.11. The topological polar surface area (TPSA) is 121 Å². The second-order valence-corrected chi connectivity index (χ2v) is 8.10. The number of rotatable bonds is 5. The molecule has 1 aliphatic heterocycles. The molecule has 1 fully saturated rings. The SMILES string of the molecule is CC(C)N1CCC(c2cc3cccc([N+](=O)[O-])c3s2)CC1.O=C(O)/C=C\C(=O)O. The average molecular weight is 420 g/mol. The number of likely N-dealkylation sites (tertiary alicyclic amines) is 1. The van der Waals surface area contributed by atoms with E-state index in [1.54, 1.807) is 23.5 Å². The third-order valence-electron chi connectivity index (χ3n) is 4.77. The monoisotopic (exact) mass is 420 g/mol. The number of nitrogens with zero attached hydrogens (tertiary/aromatic N) is 2. The van der Waals surface area contributed by atoms with Gasteiger partial charge in [0.2, 0.25) is 0 Å². The summed E-state index contributed by atoms with van der Waals surface area (Å²) in [6, 6.07) is 8.12. The van der Waals surface area contributed by atoms with Crippen molar-refractivity contribution in [3.8, 4) is 0 Å². The lowest BCUT2D eigenvalue weighted by atomic mass is 9.94. The first kappa shape index (κ1) is 22.5. The molecule has 0 aliphatic carbocycles. The quantitative estimate of drug-likeness (QED) is 0.424. The van der Waals surface area contributed by atoms with Gasteiger partial charge in [0.15, 0.2) is 0 Å². The van der Waals surface area contributed by atoms with Crippen LogP contribution in [0.15, 0.2) is 36.4 Å². The molecule has 8 nitrogen and oxygen atoms in total. The summed E-state index contributed by atoms with van der Waals surface area (Å²) in [4.78, 5) is 33.8. The van der Waals surface area contributed by atoms with Gasteiger partial charge in [-0.25, -0.2) is 9.59 Å². The fraction of sp³-hybridized carbons (Fsp3) is 0.400. The Labute approximate surface area is 172 Å². The van der Waals surface area contributed by atoms with Crippen LogP contribution in [0.25, 0.3) is 10.1 Å². The Morgan fingerprint density at radius 2 is 1.79 bits per heavy atom. The lowest BCUT2D eigenvalue weighted by Gasteiger charge is -2.34. The number of thiophene rings is 1. The number of non-ortho nitro benzene ring substituents is 1. The Morgan fingerprint density at radius 3 is 2.28 bits per heavy atom. The van der Waals surface area contributed by atoms with E-state index in [4.69, 9.17) is 10.2 Å². The summed E-state index contributed by atoms with van der Waals surface area (Å²) < 4.78 is 0.823. The van der Waals surface area contributed by atoms with E-state index in [0.29, 0.717) is 24.1 Å². The first-order valence-electron chi connectivity index (χ1n) is 9.24. The van der Waals surface area contributed by atoms with Gasteiger partial charge >= 0.3 is 11.9 Å². The van der Waals surface area contributed by atoms with E-state index >= 15 is 0 Å². The third kappa shape index (κ3) is 6.37. The number of benzene rings is 1. The zero-order chi connectivity index (χ0) is 21.6. The van der Waals surface area contributed by atoms with E-state index in [1.807, 2.05) is 6.07 Å². The Morgan fingerprint density at radius 1 is 1.21 bits per heavy atom. The van der Waals surface area contributed by atoms with Crippen molar-refractivity contribution in [1.82, 2.24) is 4.90 Å². The van der Waals surface area contributed by atoms with Gasteiger partial charge in [0.25, 0.3) is 5.69 Å². The van der Waals surface area contributed by atoms with Crippen molar-refractivity contribution in [3.63, 3.8) is 0 Å². The molecule has 0 saturated carbocycles. The molecule has 0 unspecified atom stereocenters. The van der Waals surface area contributed by atoms with Gasteiger partial charge in [-0.1, -0.05) is 12.1 Å². The van der Waals surface area contributed by atoms with Crippen LogP contribution in [-0.2, 0) is 9.59 Å². The number of aliphatic carboxylic acids is 2. The predicted octanol–water partition coefficient (Wildman–Crippen LogP) is 4.11. The van der Waals surface area contributed by atoms with Gasteiger partial charge in [-0.3, -0.25) is 10.1 Å². The second-order valence-electron chi connectivity index (χ2n) is 7.02. The fourth-order valence-electron chi connectivity index (χ4n) is 3.26. The van der Waals surface area contributed by atoms with Crippen LogP contribution in [0, 0.1) is 10.1 Å².